The molecule has 4 rings (SSSR count). The third kappa shape index (κ3) is 4.11. The maximum Gasteiger partial charge on any atom is 0.305 e. The van der Waals surface area contributed by atoms with E-state index in [0.29, 0.717) is 16.9 Å². The van der Waals surface area contributed by atoms with Crippen molar-refractivity contribution in [2.24, 2.45) is 0 Å². The number of hydrogen-bond donors (Lipinski definition) is 3. The van der Waals surface area contributed by atoms with Gasteiger partial charge in [-0.1, -0.05) is 29.8 Å². The number of nitrogens with zero attached hydrogens (tertiary/aromatic N) is 1. The molecular weight excluding hydrogens is 372 g/mol. The maximum absolute atomic E-state index is 12.4. The average Bonchev–Trinajstić information content (AvgIpc) is 3.38. The number of hydrazine groups is 1. The monoisotopic (exact) mass is 390 g/mol. The minimum Gasteiger partial charge on any atom is -0.486 e. The van der Waals surface area contributed by atoms with Crippen LogP contribution in [0.25, 0.3) is 10.9 Å². The van der Waals surface area contributed by atoms with E-state index in [-0.39, 0.29) is 18.1 Å². The molecule has 0 bridgehead atoms. The lowest BCUT2D eigenvalue weighted by molar-refractivity contribution is 0.0827. The highest BCUT2D eigenvalue weighted by Gasteiger charge is 2.17. The molecule has 4 aromatic rings. The summed E-state index contributed by atoms with van der Waals surface area (Å²) in [7, 11) is 0. The minimum atomic E-state index is -0.583. The molecule has 0 atom stereocenters. The van der Waals surface area contributed by atoms with Crippen LogP contribution < -0.4 is 15.6 Å². The van der Waals surface area contributed by atoms with Crippen molar-refractivity contribution in [1.82, 2.24) is 21.0 Å². The normalized spacial score (nSPS) is 10.7. The smallest absolute Gasteiger partial charge is 0.305 e. The third-order valence-corrected chi connectivity index (χ3v) is 4.23. The van der Waals surface area contributed by atoms with Gasteiger partial charge in [0.2, 0.25) is 0 Å². The topological polar surface area (TPSA) is 109 Å². The van der Waals surface area contributed by atoms with Crippen LogP contribution in [0.5, 0.6) is 5.75 Å². The number of benzene rings is 2. The number of furan rings is 1. The summed E-state index contributed by atoms with van der Waals surface area (Å²) in [4.78, 5) is 24.6. The fourth-order valence-corrected chi connectivity index (χ4v) is 2.78. The number of aromatic amines is 1. The Kier molecular flexibility index (Phi) is 4.98. The lowest BCUT2D eigenvalue weighted by atomic mass is 10.1. The van der Waals surface area contributed by atoms with Gasteiger partial charge >= 0.3 is 5.91 Å². The molecule has 2 aromatic carbocycles. The fraction of sp³-hybridized carbons (Fsp3) is 0.0952. The average molecular weight is 390 g/mol. The Labute approximate surface area is 165 Å². The Morgan fingerprint density at radius 1 is 1.03 bits per heavy atom. The summed E-state index contributed by atoms with van der Waals surface area (Å²) in [5.74, 6) is 0.122. The summed E-state index contributed by atoms with van der Waals surface area (Å²) < 4.78 is 11.0. The van der Waals surface area contributed by atoms with Crippen molar-refractivity contribution in [1.29, 1.82) is 0 Å². The van der Waals surface area contributed by atoms with Crippen molar-refractivity contribution in [3.8, 4) is 5.75 Å². The van der Waals surface area contributed by atoms with Gasteiger partial charge in [0.25, 0.3) is 5.91 Å². The number of fused-ring (bicyclic) bond motifs is 1. The van der Waals surface area contributed by atoms with Crippen LogP contribution in [0.15, 0.2) is 65.1 Å². The first-order valence-corrected chi connectivity index (χ1v) is 8.92. The van der Waals surface area contributed by atoms with Gasteiger partial charge in [-0.25, -0.2) is 0 Å². The molecule has 3 N–H and O–H groups in total. The largest absolute Gasteiger partial charge is 0.486 e. The number of rotatable bonds is 5. The first-order chi connectivity index (χ1) is 14.1. The van der Waals surface area contributed by atoms with Crippen LogP contribution in [-0.4, -0.2) is 22.0 Å². The number of aryl methyl sites for hydroxylation is 1. The zero-order valence-electron chi connectivity index (χ0n) is 15.6. The molecule has 8 nitrogen and oxygen atoms in total. The number of ether oxygens (including phenoxy) is 1. The number of H-pyrrole nitrogens is 1. The molecule has 0 spiro atoms. The Bertz CT molecular complexity index is 1160. The summed E-state index contributed by atoms with van der Waals surface area (Å²) >= 11 is 0. The van der Waals surface area contributed by atoms with Gasteiger partial charge in [-0.2, -0.15) is 5.10 Å². The molecule has 2 aromatic heterocycles. The number of nitrogens with one attached hydrogen (secondary N) is 3. The second-order valence-electron chi connectivity index (χ2n) is 6.40. The van der Waals surface area contributed by atoms with Crippen LogP contribution in [0.1, 0.15) is 32.4 Å². The number of hydrogen-bond acceptors (Lipinski definition) is 5. The van der Waals surface area contributed by atoms with Crippen LogP contribution in [0.4, 0.5) is 0 Å². The van der Waals surface area contributed by atoms with Gasteiger partial charge < -0.3 is 9.15 Å². The molecule has 0 aliphatic rings. The summed E-state index contributed by atoms with van der Waals surface area (Å²) in [5.41, 5.74) is 6.61. The lowest BCUT2D eigenvalue weighted by Crippen LogP contribution is -2.41. The number of para-hydroxylation sites is 1. The van der Waals surface area contributed by atoms with E-state index in [2.05, 4.69) is 21.0 Å². The van der Waals surface area contributed by atoms with E-state index in [4.69, 9.17) is 9.15 Å². The Morgan fingerprint density at radius 2 is 1.83 bits per heavy atom. The van der Waals surface area contributed by atoms with Crippen molar-refractivity contribution >= 4 is 22.7 Å². The van der Waals surface area contributed by atoms with Gasteiger partial charge in [-0.3, -0.25) is 25.5 Å². The molecule has 146 valence electrons. The second kappa shape index (κ2) is 7.89. The Hall–Kier alpha value is -4.07. The van der Waals surface area contributed by atoms with Crippen molar-refractivity contribution in [3.63, 3.8) is 0 Å². The molecule has 2 amide bonds. The standard InChI is InChI=1S/C21H18N4O4/c1-13-7-9-17-16(11-13)19(23-22-17)21(27)25-24-20(26)18-10-8-15(29-18)12-28-14-5-3-2-4-6-14/h2-11H,12H2,1H3,(H,22,23)(H,24,26)(H,25,27). The summed E-state index contributed by atoms with van der Waals surface area (Å²) in [6, 6.07) is 18.0. The van der Waals surface area contributed by atoms with Crippen molar-refractivity contribution in [2.75, 3.05) is 0 Å². The molecule has 0 aliphatic heterocycles. The van der Waals surface area contributed by atoms with Gasteiger partial charge in [-0.05, 0) is 43.3 Å². The molecule has 0 saturated carbocycles. The van der Waals surface area contributed by atoms with E-state index in [1.54, 1.807) is 6.07 Å². The van der Waals surface area contributed by atoms with E-state index in [9.17, 15) is 9.59 Å². The van der Waals surface area contributed by atoms with E-state index in [0.717, 1.165) is 11.1 Å². The third-order valence-electron chi connectivity index (χ3n) is 4.23. The molecule has 0 saturated heterocycles. The van der Waals surface area contributed by atoms with Gasteiger partial charge in [0, 0.05) is 5.39 Å². The molecule has 0 fully saturated rings. The number of amides is 2. The number of aromatic nitrogens is 2. The molecule has 0 unspecified atom stereocenters. The van der Waals surface area contributed by atoms with Crippen LogP contribution >= 0.6 is 0 Å². The lowest BCUT2D eigenvalue weighted by Gasteiger charge is -2.05. The minimum absolute atomic E-state index is 0.0553. The maximum atomic E-state index is 12.4. The van der Waals surface area contributed by atoms with Gasteiger partial charge in [0.05, 0.1) is 5.52 Å². The summed E-state index contributed by atoms with van der Waals surface area (Å²) in [5, 5.41) is 7.48. The van der Waals surface area contributed by atoms with E-state index < -0.39 is 11.8 Å². The van der Waals surface area contributed by atoms with Crippen molar-refractivity contribution in [2.45, 2.75) is 13.5 Å². The quantitative estimate of drug-likeness (QED) is 0.454. The molecule has 8 heteroatoms. The first-order valence-electron chi connectivity index (χ1n) is 8.92. The Morgan fingerprint density at radius 3 is 2.66 bits per heavy atom. The van der Waals surface area contributed by atoms with Crippen LogP contribution in [0, 0.1) is 6.92 Å². The zero-order valence-corrected chi connectivity index (χ0v) is 15.6. The number of carbonyl (C=O) groups is 2. The fourth-order valence-electron chi connectivity index (χ4n) is 2.78. The second-order valence-corrected chi connectivity index (χ2v) is 6.40. The number of carbonyl (C=O) groups excluding carboxylic acids is 2. The highest BCUT2D eigenvalue weighted by atomic mass is 16.5. The van der Waals surface area contributed by atoms with E-state index in [1.165, 1.54) is 6.07 Å². The highest BCUT2D eigenvalue weighted by Crippen LogP contribution is 2.17. The predicted octanol–water partition coefficient (Wildman–Crippen LogP) is 3.12. The highest BCUT2D eigenvalue weighted by molar-refractivity contribution is 6.05. The van der Waals surface area contributed by atoms with Crippen molar-refractivity contribution < 1.29 is 18.7 Å². The Balaban J connectivity index is 1.35. The van der Waals surface area contributed by atoms with Crippen LogP contribution in [0.3, 0.4) is 0 Å². The van der Waals surface area contributed by atoms with Gasteiger partial charge in [0.1, 0.15) is 18.1 Å². The van der Waals surface area contributed by atoms with Crippen molar-refractivity contribution in [3.05, 3.63) is 83.4 Å². The first kappa shape index (κ1) is 18.3. The summed E-state index contributed by atoms with van der Waals surface area (Å²) in [6.07, 6.45) is 0. The summed E-state index contributed by atoms with van der Waals surface area (Å²) in [6.45, 7) is 2.11. The molecule has 0 radical (unpaired) electrons. The molecule has 29 heavy (non-hydrogen) atoms. The predicted molar refractivity (Wildman–Crippen MR) is 105 cm³/mol. The van der Waals surface area contributed by atoms with E-state index >= 15 is 0 Å². The molecule has 2 heterocycles. The van der Waals surface area contributed by atoms with E-state index in [1.807, 2.05) is 55.5 Å². The zero-order chi connectivity index (χ0) is 20.2. The van der Waals surface area contributed by atoms with Gasteiger partial charge in [0.15, 0.2) is 11.5 Å². The molecular formula is C21H18N4O4. The molecule has 0 aliphatic carbocycles. The van der Waals surface area contributed by atoms with Crippen LogP contribution in [0.2, 0.25) is 0 Å². The van der Waals surface area contributed by atoms with Crippen LogP contribution in [-0.2, 0) is 6.61 Å². The SMILES string of the molecule is Cc1ccc2[nH]nc(C(=O)NNC(=O)c3ccc(COc4ccccc4)o3)c2c1. The van der Waals surface area contributed by atoms with Gasteiger partial charge in [-0.15, -0.1) is 0 Å².